The number of aliphatic carboxylic acids is 2. The van der Waals surface area contributed by atoms with Gasteiger partial charge in [0.1, 0.15) is 5.76 Å². The van der Waals surface area contributed by atoms with Crippen molar-refractivity contribution in [3.63, 3.8) is 0 Å². The van der Waals surface area contributed by atoms with Gasteiger partial charge in [-0.1, -0.05) is 0 Å². The highest BCUT2D eigenvalue weighted by atomic mass is 16.6. The number of carbonyl (C=O) groups is 2. The number of carboxylic acid groups (broad SMARTS) is 2. The maximum Gasteiger partial charge on any atom is 0.311 e. The summed E-state index contributed by atoms with van der Waals surface area (Å²) < 4.78 is 4.97. The molecule has 5 nitrogen and oxygen atoms in total. The van der Waals surface area contributed by atoms with Crippen molar-refractivity contribution in [1.82, 2.24) is 0 Å². The van der Waals surface area contributed by atoms with E-state index >= 15 is 0 Å². The van der Waals surface area contributed by atoms with E-state index in [2.05, 4.69) is 0 Å². The van der Waals surface area contributed by atoms with Crippen LogP contribution in [0.2, 0.25) is 0 Å². The molecule has 0 aromatic heterocycles. The largest absolute Gasteiger partial charge is 0.483 e. The summed E-state index contributed by atoms with van der Waals surface area (Å²) in [5, 5.41) is 17.5. The van der Waals surface area contributed by atoms with Gasteiger partial charge in [-0.15, -0.1) is 0 Å². The maximum absolute atomic E-state index is 10.7. The fourth-order valence-corrected chi connectivity index (χ4v) is 1.61. The molecule has 0 aromatic carbocycles. The first-order chi connectivity index (χ1) is 6.09. The number of fused-ring (bicyclic) bond motifs is 1. The molecular formula is C8H8O5. The predicted octanol–water partition coefficient (Wildman–Crippen LogP) is 0.0744. The maximum atomic E-state index is 10.7. The molecule has 0 amide bonds. The highest BCUT2D eigenvalue weighted by Crippen LogP contribution is 2.41. The summed E-state index contributed by atoms with van der Waals surface area (Å²) in [6.45, 7) is 0. The van der Waals surface area contributed by atoms with Gasteiger partial charge >= 0.3 is 11.9 Å². The van der Waals surface area contributed by atoms with E-state index in [-0.39, 0.29) is 12.5 Å². The van der Waals surface area contributed by atoms with Gasteiger partial charge in [-0.05, 0) is 6.08 Å². The second-order valence-electron chi connectivity index (χ2n) is 3.22. The molecule has 1 aliphatic carbocycles. The van der Waals surface area contributed by atoms with Crippen LogP contribution < -0.4 is 0 Å². The Morgan fingerprint density at radius 2 is 2.08 bits per heavy atom. The molecule has 1 heterocycles. The van der Waals surface area contributed by atoms with E-state index in [1.165, 1.54) is 6.08 Å². The molecule has 1 fully saturated rings. The van der Waals surface area contributed by atoms with E-state index in [0.717, 1.165) is 0 Å². The molecule has 2 rings (SSSR count). The Labute approximate surface area is 73.6 Å². The minimum atomic E-state index is -1.10. The van der Waals surface area contributed by atoms with Crippen molar-refractivity contribution >= 4 is 11.9 Å². The van der Waals surface area contributed by atoms with Gasteiger partial charge in [0, 0.05) is 6.42 Å². The quantitative estimate of drug-likeness (QED) is 0.593. The zero-order valence-electron chi connectivity index (χ0n) is 6.64. The summed E-state index contributed by atoms with van der Waals surface area (Å²) in [5.74, 6) is -3.34. The Balaban J connectivity index is 2.23. The predicted molar refractivity (Wildman–Crippen MR) is 39.8 cm³/mol. The minimum absolute atomic E-state index is 0.142. The fourth-order valence-electron chi connectivity index (χ4n) is 1.61. The topological polar surface area (TPSA) is 87.1 Å². The van der Waals surface area contributed by atoms with Crippen LogP contribution in [0.5, 0.6) is 0 Å². The van der Waals surface area contributed by atoms with Crippen LogP contribution in [0.3, 0.4) is 0 Å². The summed E-state index contributed by atoms with van der Waals surface area (Å²) in [6, 6.07) is 0. The second kappa shape index (κ2) is 2.48. The van der Waals surface area contributed by atoms with Crippen molar-refractivity contribution in [2.24, 2.45) is 11.8 Å². The normalized spacial score (nSPS) is 35.4. The van der Waals surface area contributed by atoms with Gasteiger partial charge in [0.05, 0.1) is 11.8 Å². The van der Waals surface area contributed by atoms with Crippen molar-refractivity contribution in [3.8, 4) is 0 Å². The number of carboxylic acids is 2. The van der Waals surface area contributed by atoms with E-state index in [4.69, 9.17) is 14.9 Å². The van der Waals surface area contributed by atoms with Crippen LogP contribution in [-0.4, -0.2) is 28.3 Å². The Bertz CT molecular complexity index is 306. The molecule has 13 heavy (non-hydrogen) atoms. The molecule has 1 aliphatic heterocycles. The van der Waals surface area contributed by atoms with Gasteiger partial charge < -0.3 is 14.9 Å². The third kappa shape index (κ3) is 1.26. The average molecular weight is 184 g/mol. The second-order valence-corrected chi connectivity index (χ2v) is 3.22. The zero-order valence-corrected chi connectivity index (χ0v) is 6.64. The molecule has 0 bridgehead atoms. The number of rotatable bonds is 2. The van der Waals surface area contributed by atoms with Crippen molar-refractivity contribution in [2.75, 3.05) is 0 Å². The Hall–Kier alpha value is -1.52. The number of ether oxygens (including phenoxy) is 1. The standard InChI is InChI=1S/C8H8O5/c9-7(10)3-1-5-6(13-5)2-4(3)8(11)12/h1,3-4,6H,2H2,(H,9,10)(H,11,12). The summed E-state index contributed by atoms with van der Waals surface area (Å²) in [7, 11) is 0. The Kier molecular flexibility index (Phi) is 1.55. The molecule has 3 atom stereocenters. The smallest absolute Gasteiger partial charge is 0.311 e. The first kappa shape index (κ1) is 8.10. The molecule has 2 aliphatic rings. The van der Waals surface area contributed by atoms with Gasteiger partial charge in [0.2, 0.25) is 0 Å². The zero-order chi connectivity index (χ0) is 9.59. The molecule has 70 valence electrons. The van der Waals surface area contributed by atoms with E-state index in [9.17, 15) is 9.59 Å². The molecule has 0 radical (unpaired) electrons. The van der Waals surface area contributed by atoms with Gasteiger partial charge in [-0.3, -0.25) is 9.59 Å². The van der Waals surface area contributed by atoms with Gasteiger partial charge in [0.15, 0.2) is 6.10 Å². The first-order valence-corrected chi connectivity index (χ1v) is 3.93. The van der Waals surface area contributed by atoms with Gasteiger partial charge in [-0.25, -0.2) is 0 Å². The van der Waals surface area contributed by atoms with Crippen LogP contribution in [0.1, 0.15) is 6.42 Å². The molecule has 3 unspecified atom stereocenters. The number of hydrogen-bond donors (Lipinski definition) is 2. The van der Waals surface area contributed by atoms with E-state index in [1.54, 1.807) is 0 Å². The lowest BCUT2D eigenvalue weighted by molar-refractivity contribution is -0.152. The van der Waals surface area contributed by atoms with Crippen LogP contribution in [0.4, 0.5) is 0 Å². The summed E-state index contributed by atoms with van der Waals surface area (Å²) >= 11 is 0. The van der Waals surface area contributed by atoms with Crippen LogP contribution in [0.25, 0.3) is 0 Å². The Morgan fingerprint density at radius 3 is 2.62 bits per heavy atom. The third-order valence-electron chi connectivity index (χ3n) is 2.39. The summed E-state index contributed by atoms with van der Waals surface area (Å²) in [4.78, 5) is 21.4. The van der Waals surface area contributed by atoms with Crippen molar-refractivity contribution in [1.29, 1.82) is 0 Å². The monoisotopic (exact) mass is 184 g/mol. The van der Waals surface area contributed by atoms with Crippen LogP contribution in [0.15, 0.2) is 11.8 Å². The SMILES string of the molecule is O=C(O)C1C=C2OC2CC1C(=O)O. The van der Waals surface area contributed by atoms with Crippen LogP contribution >= 0.6 is 0 Å². The van der Waals surface area contributed by atoms with Crippen molar-refractivity contribution in [2.45, 2.75) is 12.5 Å². The third-order valence-corrected chi connectivity index (χ3v) is 2.39. The van der Waals surface area contributed by atoms with Crippen LogP contribution in [-0.2, 0) is 14.3 Å². The van der Waals surface area contributed by atoms with Crippen molar-refractivity contribution < 1.29 is 24.5 Å². The van der Waals surface area contributed by atoms with Gasteiger partial charge in [-0.2, -0.15) is 0 Å². The van der Waals surface area contributed by atoms with Gasteiger partial charge in [0.25, 0.3) is 0 Å². The van der Waals surface area contributed by atoms with Crippen molar-refractivity contribution in [3.05, 3.63) is 11.8 Å². The number of hydrogen-bond acceptors (Lipinski definition) is 3. The van der Waals surface area contributed by atoms with E-state index < -0.39 is 23.8 Å². The van der Waals surface area contributed by atoms with E-state index in [0.29, 0.717) is 5.76 Å². The highest BCUT2D eigenvalue weighted by molar-refractivity contribution is 5.82. The Morgan fingerprint density at radius 1 is 1.38 bits per heavy atom. The highest BCUT2D eigenvalue weighted by Gasteiger charge is 2.47. The molecule has 0 spiro atoms. The molecule has 0 saturated carbocycles. The molecule has 0 aromatic rings. The molecule has 5 heteroatoms. The van der Waals surface area contributed by atoms with E-state index in [1.807, 2.05) is 0 Å². The van der Waals surface area contributed by atoms with Crippen LogP contribution in [0, 0.1) is 11.8 Å². The lowest BCUT2D eigenvalue weighted by Crippen LogP contribution is -2.31. The summed E-state index contributed by atoms with van der Waals surface area (Å²) in [6.07, 6.45) is 1.53. The summed E-state index contributed by atoms with van der Waals surface area (Å²) in [5.41, 5.74) is 0. The fraction of sp³-hybridized carbons (Fsp3) is 0.500. The molecule has 1 saturated heterocycles. The lowest BCUT2D eigenvalue weighted by atomic mass is 9.84. The lowest BCUT2D eigenvalue weighted by Gasteiger charge is -2.17. The average Bonchev–Trinajstić information content (AvgIpc) is 2.78. The number of epoxide rings is 1. The minimum Gasteiger partial charge on any atom is -0.483 e. The molecular weight excluding hydrogens is 176 g/mol. The first-order valence-electron chi connectivity index (χ1n) is 3.93. The molecule has 2 N–H and O–H groups in total.